The molecule has 3 heteroatoms. The quantitative estimate of drug-likeness (QED) is 0.246. The van der Waals surface area contributed by atoms with Gasteiger partial charge in [0, 0.05) is 0 Å². The van der Waals surface area contributed by atoms with Crippen LogP contribution in [0.15, 0.2) is 38.0 Å². The van der Waals surface area contributed by atoms with Gasteiger partial charge in [0.25, 0.3) is 6.47 Å². The predicted octanol–water partition coefficient (Wildman–Crippen LogP) is 3.17. The van der Waals surface area contributed by atoms with Crippen LogP contribution in [0, 0.1) is 0 Å². The summed E-state index contributed by atoms with van der Waals surface area (Å²) < 4.78 is 4.78. The average Bonchev–Trinajstić information content (AvgIpc) is 2.19. The fourth-order valence-electron chi connectivity index (χ4n) is 1.80. The van der Waals surface area contributed by atoms with Crippen molar-refractivity contribution in [2.75, 3.05) is 6.61 Å². The lowest BCUT2D eigenvalue weighted by atomic mass is 10.7. The van der Waals surface area contributed by atoms with E-state index in [0.717, 1.165) is 24.2 Å². The SMILES string of the molecule is C=CC[Si](CC=C)(CC=C)CCOC=O. The van der Waals surface area contributed by atoms with Gasteiger partial charge in [-0.05, 0) is 24.2 Å². The third-order valence-corrected chi connectivity index (χ3v) is 7.28. The first-order valence-electron chi connectivity index (χ1n) is 5.12. The van der Waals surface area contributed by atoms with Gasteiger partial charge in [0.1, 0.15) is 0 Å². The van der Waals surface area contributed by atoms with Crippen LogP contribution in [0.2, 0.25) is 24.2 Å². The molecule has 0 saturated heterocycles. The molecule has 0 bridgehead atoms. The van der Waals surface area contributed by atoms with Crippen LogP contribution in [-0.4, -0.2) is 21.2 Å². The predicted molar refractivity (Wildman–Crippen MR) is 67.6 cm³/mol. The monoisotopic (exact) mass is 224 g/mol. The molecule has 2 nitrogen and oxygen atoms in total. The summed E-state index contributed by atoms with van der Waals surface area (Å²) in [6.45, 7) is 12.4. The first-order chi connectivity index (χ1) is 7.24. The minimum absolute atomic E-state index is 0.505. The molecule has 0 fully saturated rings. The summed E-state index contributed by atoms with van der Waals surface area (Å²) in [5.41, 5.74) is 0. The van der Waals surface area contributed by atoms with E-state index in [9.17, 15) is 4.79 Å². The third kappa shape index (κ3) is 5.37. The largest absolute Gasteiger partial charge is 0.468 e. The number of ether oxygens (including phenoxy) is 1. The maximum atomic E-state index is 10.1. The van der Waals surface area contributed by atoms with Gasteiger partial charge >= 0.3 is 0 Å². The molecule has 0 aromatic heterocycles. The lowest BCUT2D eigenvalue weighted by Crippen LogP contribution is -2.33. The van der Waals surface area contributed by atoms with Crippen LogP contribution in [0.25, 0.3) is 0 Å². The molecule has 0 aliphatic rings. The summed E-state index contributed by atoms with van der Waals surface area (Å²) in [7, 11) is -1.47. The molecule has 84 valence electrons. The second kappa shape index (κ2) is 8.23. The summed E-state index contributed by atoms with van der Waals surface area (Å²) in [5.74, 6) is 0. The van der Waals surface area contributed by atoms with Crippen molar-refractivity contribution in [3.8, 4) is 0 Å². The zero-order valence-electron chi connectivity index (χ0n) is 9.28. The molecule has 0 aliphatic carbocycles. The Morgan fingerprint density at radius 2 is 1.47 bits per heavy atom. The Morgan fingerprint density at radius 1 is 1.00 bits per heavy atom. The highest BCUT2D eigenvalue weighted by Gasteiger charge is 2.28. The Bertz CT molecular complexity index is 197. The van der Waals surface area contributed by atoms with Gasteiger partial charge in [-0.15, -0.1) is 19.7 Å². The Kier molecular flexibility index (Phi) is 7.63. The topological polar surface area (TPSA) is 26.3 Å². The molecule has 15 heavy (non-hydrogen) atoms. The smallest absolute Gasteiger partial charge is 0.293 e. The fourth-order valence-corrected chi connectivity index (χ4v) is 5.30. The first kappa shape index (κ1) is 13.9. The maximum Gasteiger partial charge on any atom is 0.293 e. The molecule has 0 heterocycles. The molecule has 0 aliphatic heterocycles. The van der Waals surface area contributed by atoms with Crippen LogP contribution in [0.3, 0.4) is 0 Å². The van der Waals surface area contributed by atoms with Crippen molar-refractivity contribution in [2.24, 2.45) is 0 Å². The lowest BCUT2D eigenvalue weighted by Gasteiger charge is -2.28. The van der Waals surface area contributed by atoms with Crippen LogP contribution in [0.5, 0.6) is 0 Å². The Hall–Kier alpha value is -1.09. The van der Waals surface area contributed by atoms with E-state index in [1.807, 2.05) is 18.2 Å². The van der Waals surface area contributed by atoms with Crippen molar-refractivity contribution in [3.05, 3.63) is 38.0 Å². The van der Waals surface area contributed by atoms with E-state index in [4.69, 9.17) is 4.74 Å². The fraction of sp³-hybridized carbons (Fsp3) is 0.417. The van der Waals surface area contributed by atoms with Crippen molar-refractivity contribution < 1.29 is 9.53 Å². The second-order valence-corrected chi connectivity index (χ2v) is 8.42. The zero-order chi connectivity index (χ0) is 11.6. The standard InChI is InChI=1S/C12H20O2Si/c1-4-8-15(9-5-2,10-6-3)11-7-14-12-13/h4-6,12H,1-3,7-11H2. The third-order valence-electron chi connectivity index (χ3n) is 2.55. The van der Waals surface area contributed by atoms with Gasteiger partial charge in [-0.25, -0.2) is 0 Å². The minimum Gasteiger partial charge on any atom is -0.468 e. The van der Waals surface area contributed by atoms with E-state index in [1.54, 1.807) is 0 Å². The molecular weight excluding hydrogens is 204 g/mol. The van der Waals surface area contributed by atoms with E-state index in [1.165, 1.54) is 0 Å². The summed E-state index contributed by atoms with van der Waals surface area (Å²) in [6, 6.07) is 4.02. The molecule has 0 atom stereocenters. The summed E-state index contributed by atoms with van der Waals surface area (Å²) in [5, 5.41) is 0. The van der Waals surface area contributed by atoms with Crippen LogP contribution >= 0.6 is 0 Å². The van der Waals surface area contributed by atoms with E-state index in [2.05, 4.69) is 19.7 Å². The van der Waals surface area contributed by atoms with Crippen molar-refractivity contribution in [1.29, 1.82) is 0 Å². The minimum atomic E-state index is -1.47. The zero-order valence-corrected chi connectivity index (χ0v) is 10.3. The Morgan fingerprint density at radius 3 is 1.80 bits per heavy atom. The highest BCUT2D eigenvalue weighted by Crippen LogP contribution is 2.27. The number of rotatable bonds is 10. The molecular formula is C12H20O2Si. The molecule has 0 rings (SSSR count). The van der Waals surface area contributed by atoms with Gasteiger partial charge < -0.3 is 4.74 Å². The maximum absolute atomic E-state index is 10.1. The Labute approximate surface area is 93.3 Å². The summed E-state index contributed by atoms with van der Waals surface area (Å²) >= 11 is 0. The van der Waals surface area contributed by atoms with Gasteiger partial charge in [0.2, 0.25) is 0 Å². The van der Waals surface area contributed by atoms with Gasteiger partial charge in [0.15, 0.2) is 0 Å². The van der Waals surface area contributed by atoms with Gasteiger partial charge in [0.05, 0.1) is 14.7 Å². The summed E-state index contributed by atoms with van der Waals surface area (Å²) in [4.78, 5) is 10.1. The van der Waals surface area contributed by atoms with Crippen molar-refractivity contribution in [1.82, 2.24) is 0 Å². The first-order valence-corrected chi connectivity index (χ1v) is 7.95. The number of hydrogen-bond donors (Lipinski definition) is 0. The van der Waals surface area contributed by atoms with E-state index in [-0.39, 0.29) is 0 Å². The summed E-state index contributed by atoms with van der Waals surface area (Å²) in [6.07, 6.45) is 5.88. The number of carbonyl (C=O) groups excluding carboxylic acids is 1. The van der Waals surface area contributed by atoms with Crippen LogP contribution < -0.4 is 0 Å². The Balaban J connectivity index is 4.43. The number of carbonyl (C=O) groups is 1. The van der Waals surface area contributed by atoms with E-state index < -0.39 is 8.07 Å². The lowest BCUT2D eigenvalue weighted by molar-refractivity contribution is -0.128. The number of hydrogen-bond acceptors (Lipinski definition) is 2. The molecule has 0 saturated carbocycles. The highest BCUT2D eigenvalue weighted by molar-refractivity contribution is 6.81. The van der Waals surface area contributed by atoms with E-state index in [0.29, 0.717) is 13.1 Å². The van der Waals surface area contributed by atoms with Gasteiger partial charge in [-0.2, -0.15) is 0 Å². The highest BCUT2D eigenvalue weighted by atomic mass is 28.3. The van der Waals surface area contributed by atoms with Crippen molar-refractivity contribution in [3.63, 3.8) is 0 Å². The van der Waals surface area contributed by atoms with Crippen molar-refractivity contribution in [2.45, 2.75) is 24.2 Å². The molecule has 0 amide bonds. The molecule has 0 aromatic rings. The molecule has 0 N–H and O–H groups in total. The average molecular weight is 224 g/mol. The number of allylic oxidation sites excluding steroid dienone is 3. The van der Waals surface area contributed by atoms with Crippen LogP contribution in [0.4, 0.5) is 0 Å². The van der Waals surface area contributed by atoms with Crippen LogP contribution in [0.1, 0.15) is 0 Å². The molecule has 0 aromatic carbocycles. The van der Waals surface area contributed by atoms with Crippen molar-refractivity contribution >= 4 is 14.5 Å². The normalized spacial score (nSPS) is 10.4. The second-order valence-electron chi connectivity index (χ2n) is 3.70. The molecule has 0 radical (unpaired) electrons. The van der Waals surface area contributed by atoms with Gasteiger partial charge in [-0.1, -0.05) is 18.2 Å². The van der Waals surface area contributed by atoms with Gasteiger partial charge in [-0.3, -0.25) is 4.79 Å². The molecule has 0 unspecified atom stereocenters. The molecule has 0 spiro atoms. The van der Waals surface area contributed by atoms with Crippen LogP contribution in [-0.2, 0) is 9.53 Å². The van der Waals surface area contributed by atoms with E-state index >= 15 is 0 Å².